The Balaban J connectivity index is 2.83. The second kappa shape index (κ2) is 8.87. The van der Waals surface area contributed by atoms with Crippen LogP contribution in [0.5, 0.6) is 0 Å². The summed E-state index contributed by atoms with van der Waals surface area (Å²) < 4.78 is 10.4. The predicted molar refractivity (Wildman–Crippen MR) is 93.9 cm³/mol. The van der Waals surface area contributed by atoms with E-state index in [1.54, 1.807) is 40.7 Å². The van der Waals surface area contributed by atoms with Crippen LogP contribution in [0.15, 0.2) is 12.7 Å². The van der Waals surface area contributed by atoms with E-state index in [-0.39, 0.29) is 18.4 Å². The Labute approximate surface area is 149 Å². The maximum Gasteiger partial charge on any atom is 0.410 e. The molecule has 142 valence electrons. The number of rotatable bonds is 6. The van der Waals surface area contributed by atoms with Gasteiger partial charge in [-0.1, -0.05) is 13.0 Å². The van der Waals surface area contributed by atoms with E-state index in [9.17, 15) is 14.4 Å². The molecule has 0 spiro atoms. The SMILES string of the molecule is C=CC(C)C(NC(=O)[C@@H]1CCCN1C(=O)OC(C)(C)C)C(=O)OCC. The Morgan fingerprint density at radius 2 is 2.00 bits per heavy atom. The topological polar surface area (TPSA) is 84.9 Å². The zero-order valence-electron chi connectivity index (χ0n) is 15.8. The van der Waals surface area contributed by atoms with Crippen molar-refractivity contribution in [3.63, 3.8) is 0 Å². The van der Waals surface area contributed by atoms with Gasteiger partial charge in [0.25, 0.3) is 0 Å². The largest absolute Gasteiger partial charge is 0.464 e. The molecule has 3 atom stereocenters. The predicted octanol–water partition coefficient (Wildman–Crippen LogP) is 2.26. The van der Waals surface area contributed by atoms with Crippen LogP contribution in [-0.4, -0.2) is 53.7 Å². The number of carbonyl (C=O) groups excluding carboxylic acids is 3. The Kier molecular flexibility index (Phi) is 7.45. The van der Waals surface area contributed by atoms with Gasteiger partial charge in [0.15, 0.2) is 0 Å². The Morgan fingerprint density at radius 1 is 1.36 bits per heavy atom. The summed E-state index contributed by atoms with van der Waals surface area (Å²) in [5.74, 6) is -1.18. The number of nitrogens with zero attached hydrogens (tertiary/aromatic N) is 1. The van der Waals surface area contributed by atoms with Crippen LogP contribution in [0.25, 0.3) is 0 Å². The highest BCUT2D eigenvalue weighted by molar-refractivity contribution is 5.90. The van der Waals surface area contributed by atoms with Crippen LogP contribution in [0.1, 0.15) is 47.5 Å². The summed E-state index contributed by atoms with van der Waals surface area (Å²) in [5, 5.41) is 2.71. The van der Waals surface area contributed by atoms with Gasteiger partial charge in [-0.2, -0.15) is 0 Å². The summed E-state index contributed by atoms with van der Waals surface area (Å²) in [4.78, 5) is 38.5. The maximum absolute atomic E-state index is 12.7. The minimum atomic E-state index is -0.828. The highest BCUT2D eigenvalue weighted by atomic mass is 16.6. The molecule has 2 unspecified atom stereocenters. The Morgan fingerprint density at radius 3 is 2.52 bits per heavy atom. The number of carbonyl (C=O) groups is 3. The summed E-state index contributed by atoms with van der Waals surface area (Å²) in [6.45, 7) is 13.2. The molecule has 1 rings (SSSR count). The van der Waals surface area contributed by atoms with Gasteiger partial charge < -0.3 is 14.8 Å². The molecule has 7 heteroatoms. The molecule has 1 aliphatic heterocycles. The lowest BCUT2D eigenvalue weighted by atomic mass is 10.0. The van der Waals surface area contributed by atoms with E-state index in [0.717, 1.165) is 0 Å². The minimum absolute atomic E-state index is 0.225. The number of ether oxygens (including phenoxy) is 2. The molecule has 0 aliphatic carbocycles. The van der Waals surface area contributed by atoms with Gasteiger partial charge in [-0.25, -0.2) is 9.59 Å². The number of nitrogens with one attached hydrogen (secondary N) is 1. The quantitative estimate of drug-likeness (QED) is 0.584. The van der Waals surface area contributed by atoms with Gasteiger partial charge >= 0.3 is 12.1 Å². The third kappa shape index (κ3) is 6.07. The molecule has 0 saturated carbocycles. The van der Waals surface area contributed by atoms with Crippen molar-refractivity contribution in [1.29, 1.82) is 0 Å². The molecule has 1 aliphatic rings. The lowest BCUT2D eigenvalue weighted by molar-refractivity contribution is -0.148. The van der Waals surface area contributed by atoms with Gasteiger partial charge in [0.1, 0.15) is 17.7 Å². The van der Waals surface area contributed by atoms with E-state index in [2.05, 4.69) is 11.9 Å². The van der Waals surface area contributed by atoms with Crippen molar-refractivity contribution >= 4 is 18.0 Å². The molecule has 2 amide bonds. The lowest BCUT2D eigenvalue weighted by Gasteiger charge is -2.29. The van der Waals surface area contributed by atoms with Crippen molar-refractivity contribution in [1.82, 2.24) is 10.2 Å². The fraction of sp³-hybridized carbons (Fsp3) is 0.722. The molecule has 1 saturated heterocycles. The first-order valence-electron chi connectivity index (χ1n) is 8.70. The molecule has 25 heavy (non-hydrogen) atoms. The minimum Gasteiger partial charge on any atom is -0.464 e. The van der Waals surface area contributed by atoms with Gasteiger partial charge in [0, 0.05) is 12.5 Å². The second-order valence-corrected chi connectivity index (χ2v) is 7.16. The highest BCUT2D eigenvalue weighted by Crippen LogP contribution is 2.21. The number of esters is 1. The van der Waals surface area contributed by atoms with Crippen molar-refractivity contribution in [3.05, 3.63) is 12.7 Å². The molecule has 7 nitrogen and oxygen atoms in total. The third-order valence-corrected chi connectivity index (χ3v) is 3.92. The zero-order valence-corrected chi connectivity index (χ0v) is 15.8. The maximum atomic E-state index is 12.7. The fourth-order valence-corrected chi connectivity index (χ4v) is 2.60. The average molecular weight is 354 g/mol. The van der Waals surface area contributed by atoms with Gasteiger partial charge in [-0.05, 0) is 40.5 Å². The van der Waals surface area contributed by atoms with Crippen LogP contribution in [-0.2, 0) is 19.1 Å². The van der Waals surface area contributed by atoms with Crippen molar-refractivity contribution in [2.24, 2.45) is 5.92 Å². The van der Waals surface area contributed by atoms with E-state index in [4.69, 9.17) is 9.47 Å². The molecule has 0 radical (unpaired) electrons. The van der Waals surface area contributed by atoms with E-state index in [1.807, 2.05) is 0 Å². The molecule has 0 bridgehead atoms. The molecular weight excluding hydrogens is 324 g/mol. The van der Waals surface area contributed by atoms with Gasteiger partial charge in [0.05, 0.1) is 6.61 Å². The average Bonchev–Trinajstić information content (AvgIpc) is 3.00. The first-order valence-corrected chi connectivity index (χ1v) is 8.70. The first-order chi connectivity index (χ1) is 11.6. The molecule has 0 aromatic heterocycles. The molecule has 0 aromatic carbocycles. The Hall–Kier alpha value is -2.05. The fourth-order valence-electron chi connectivity index (χ4n) is 2.60. The second-order valence-electron chi connectivity index (χ2n) is 7.16. The molecular formula is C18H30N2O5. The van der Waals surface area contributed by atoms with Crippen LogP contribution in [0.3, 0.4) is 0 Å². The Bertz CT molecular complexity index is 512. The molecule has 1 heterocycles. The van der Waals surface area contributed by atoms with Crippen LogP contribution < -0.4 is 5.32 Å². The lowest BCUT2D eigenvalue weighted by Crippen LogP contribution is -2.53. The zero-order chi connectivity index (χ0) is 19.2. The summed E-state index contributed by atoms with van der Waals surface area (Å²) >= 11 is 0. The standard InChI is InChI=1S/C18H30N2O5/c1-7-12(3)14(16(22)24-8-2)19-15(21)13-10-9-11-20(13)17(23)25-18(4,5)6/h7,12-14H,1,8-11H2,2-6H3,(H,19,21)/t12?,13-,14?/m0/s1. The van der Waals surface area contributed by atoms with Crippen molar-refractivity contribution in [2.45, 2.75) is 65.1 Å². The number of amides is 2. The van der Waals surface area contributed by atoms with Crippen LogP contribution in [0.2, 0.25) is 0 Å². The number of hydrogen-bond donors (Lipinski definition) is 1. The molecule has 1 N–H and O–H groups in total. The third-order valence-electron chi connectivity index (χ3n) is 3.92. The number of likely N-dealkylation sites (tertiary alicyclic amines) is 1. The van der Waals surface area contributed by atoms with Gasteiger partial charge in [0.2, 0.25) is 5.91 Å². The van der Waals surface area contributed by atoms with Crippen LogP contribution in [0.4, 0.5) is 4.79 Å². The van der Waals surface area contributed by atoms with E-state index in [1.165, 1.54) is 4.90 Å². The normalized spacial score (nSPS) is 19.7. The monoisotopic (exact) mass is 354 g/mol. The van der Waals surface area contributed by atoms with Crippen molar-refractivity contribution < 1.29 is 23.9 Å². The summed E-state index contributed by atoms with van der Waals surface area (Å²) in [6, 6.07) is -1.48. The van der Waals surface area contributed by atoms with Gasteiger partial charge in [-0.3, -0.25) is 9.69 Å². The van der Waals surface area contributed by atoms with Gasteiger partial charge in [-0.15, -0.1) is 6.58 Å². The molecule has 1 fully saturated rings. The summed E-state index contributed by atoms with van der Waals surface area (Å²) in [5.41, 5.74) is -0.633. The van der Waals surface area contributed by atoms with E-state index in [0.29, 0.717) is 19.4 Å². The summed E-state index contributed by atoms with van der Waals surface area (Å²) in [7, 11) is 0. The first kappa shape index (κ1) is 21.0. The van der Waals surface area contributed by atoms with Crippen LogP contribution >= 0.6 is 0 Å². The van der Waals surface area contributed by atoms with E-state index < -0.39 is 29.7 Å². The van der Waals surface area contributed by atoms with Crippen molar-refractivity contribution in [3.8, 4) is 0 Å². The molecule has 0 aromatic rings. The summed E-state index contributed by atoms with van der Waals surface area (Å²) in [6.07, 6.45) is 2.30. The highest BCUT2D eigenvalue weighted by Gasteiger charge is 2.38. The van der Waals surface area contributed by atoms with Crippen LogP contribution in [0, 0.1) is 5.92 Å². The smallest absolute Gasteiger partial charge is 0.410 e. The number of hydrogen-bond acceptors (Lipinski definition) is 5. The van der Waals surface area contributed by atoms with E-state index >= 15 is 0 Å². The van der Waals surface area contributed by atoms with Crippen molar-refractivity contribution in [2.75, 3.05) is 13.2 Å².